The van der Waals surface area contributed by atoms with Crippen LogP contribution >= 0.6 is 0 Å². The van der Waals surface area contributed by atoms with Gasteiger partial charge in [-0.2, -0.15) is 0 Å². The highest BCUT2D eigenvalue weighted by Gasteiger charge is 2.41. The summed E-state index contributed by atoms with van der Waals surface area (Å²) in [5.41, 5.74) is 7.55. The fraction of sp³-hybridized carbons (Fsp3) is 0.522. The maximum Gasteiger partial charge on any atom is 0.225 e. The quantitative estimate of drug-likeness (QED) is 0.891. The number of fused-ring (bicyclic) bond motifs is 3. The van der Waals surface area contributed by atoms with E-state index in [9.17, 15) is 4.79 Å². The zero-order valence-corrected chi connectivity index (χ0v) is 16.4. The van der Waals surface area contributed by atoms with Gasteiger partial charge in [-0.25, -0.2) is 0 Å². The van der Waals surface area contributed by atoms with Crippen molar-refractivity contribution >= 4 is 16.7 Å². The van der Waals surface area contributed by atoms with Crippen LogP contribution in [0.25, 0.3) is 10.8 Å². The number of amides is 1. The van der Waals surface area contributed by atoms with E-state index in [1.54, 1.807) is 7.11 Å². The van der Waals surface area contributed by atoms with Gasteiger partial charge in [-0.05, 0) is 72.1 Å². The van der Waals surface area contributed by atoms with E-state index >= 15 is 0 Å². The number of carbonyl (C=O) groups excluding carboxylic acids is 1. The zero-order valence-electron chi connectivity index (χ0n) is 16.4. The van der Waals surface area contributed by atoms with Gasteiger partial charge in [0.25, 0.3) is 0 Å². The molecule has 4 heteroatoms. The molecule has 2 atom stereocenters. The average Bonchev–Trinajstić information content (AvgIpc) is 2.66. The molecule has 2 fully saturated rings. The minimum atomic E-state index is 0.148. The number of methoxy groups -OCH3 is 1. The van der Waals surface area contributed by atoms with Crippen LogP contribution in [0, 0.1) is 17.8 Å². The highest BCUT2D eigenvalue weighted by atomic mass is 16.5. The number of benzene rings is 2. The molecule has 4 nitrogen and oxygen atoms in total. The molecule has 27 heavy (non-hydrogen) atoms. The lowest BCUT2D eigenvalue weighted by Crippen LogP contribution is -2.49. The Morgan fingerprint density at radius 2 is 1.78 bits per heavy atom. The minimum Gasteiger partial charge on any atom is -0.497 e. The fourth-order valence-corrected chi connectivity index (χ4v) is 5.15. The van der Waals surface area contributed by atoms with Gasteiger partial charge in [0.1, 0.15) is 5.75 Å². The molecule has 2 saturated carbocycles. The van der Waals surface area contributed by atoms with E-state index in [0.29, 0.717) is 24.4 Å². The third-order valence-corrected chi connectivity index (χ3v) is 6.67. The molecule has 2 aliphatic rings. The summed E-state index contributed by atoms with van der Waals surface area (Å²) in [6.07, 6.45) is 5.61. The molecule has 2 N–H and O–H groups in total. The maximum absolute atomic E-state index is 13.1. The maximum atomic E-state index is 13.1. The Morgan fingerprint density at radius 3 is 2.48 bits per heavy atom. The second-order valence-corrected chi connectivity index (χ2v) is 8.44. The van der Waals surface area contributed by atoms with Gasteiger partial charge in [0.15, 0.2) is 0 Å². The molecule has 2 aliphatic carbocycles. The molecular weight excluding hydrogens is 336 g/mol. The monoisotopic (exact) mass is 366 g/mol. The first-order valence-corrected chi connectivity index (χ1v) is 10.1. The lowest BCUT2D eigenvalue weighted by Gasteiger charge is -2.44. The van der Waals surface area contributed by atoms with Crippen LogP contribution in [0.15, 0.2) is 36.4 Å². The Balaban J connectivity index is 1.44. The molecule has 2 bridgehead atoms. The first-order valence-electron chi connectivity index (χ1n) is 10.1. The number of hydrogen-bond donors (Lipinski definition) is 1. The van der Waals surface area contributed by atoms with Crippen LogP contribution in [0.3, 0.4) is 0 Å². The topological polar surface area (TPSA) is 55.6 Å². The molecular formula is C23H30N2O2. The van der Waals surface area contributed by atoms with Gasteiger partial charge in [0.05, 0.1) is 7.11 Å². The molecule has 0 radical (unpaired) electrons. The van der Waals surface area contributed by atoms with Gasteiger partial charge in [-0.15, -0.1) is 0 Å². The van der Waals surface area contributed by atoms with Gasteiger partial charge < -0.3 is 15.4 Å². The van der Waals surface area contributed by atoms with Crippen molar-refractivity contribution in [3.05, 3.63) is 42.0 Å². The number of nitrogens with zero attached hydrogens (tertiary/aromatic N) is 1. The second kappa shape index (κ2) is 7.51. The van der Waals surface area contributed by atoms with Gasteiger partial charge in [-0.1, -0.05) is 24.6 Å². The Bertz CT molecular complexity index is 820. The molecule has 0 aliphatic heterocycles. The molecule has 0 saturated heterocycles. The number of rotatable bonds is 4. The van der Waals surface area contributed by atoms with E-state index in [1.165, 1.54) is 24.6 Å². The molecule has 0 spiro atoms. The molecule has 2 unspecified atom stereocenters. The van der Waals surface area contributed by atoms with E-state index in [2.05, 4.69) is 24.3 Å². The van der Waals surface area contributed by atoms with E-state index in [-0.39, 0.29) is 11.8 Å². The summed E-state index contributed by atoms with van der Waals surface area (Å²) in [6.45, 7) is 0.651. The number of ether oxygens (including phenoxy) is 1. The van der Waals surface area contributed by atoms with Crippen LogP contribution in [0.2, 0.25) is 0 Å². The van der Waals surface area contributed by atoms with E-state index in [4.69, 9.17) is 10.5 Å². The highest BCUT2D eigenvalue weighted by Crippen LogP contribution is 2.42. The summed E-state index contributed by atoms with van der Waals surface area (Å²) in [5.74, 6) is 2.37. The molecule has 4 rings (SSSR count). The molecule has 2 aromatic rings. The van der Waals surface area contributed by atoms with Crippen molar-refractivity contribution < 1.29 is 9.53 Å². The Labute approximate surface area is 161 Å². The van der Waals surface area contributed by atoms with E-state index < -0.39 is 0 Å². The standard InChI is InChI=1S/C23H30N2O2/c1-25(23(26)20-11-18-4-3-5-19(12-20)22(18)24)14-15-6-7-17-13-21(27-2)9-8-16(17)10-15/h6-10,13,18-20,22H,3-5,11-12,14,24H2,1-2H3. The van der Waals surface area contributed by atoms with Crippen molar-refractivity contribution in [1.82, 2.24) is 4.90 Å². The van der Waals surface area contributed by atoms with Crippen LogP contribution in [0.1, 0.15) is 37.7 Å². The van der Waals surface area contributed by atoms with Crippen molar-refractivity contribution in [3.8, 4) is 5.75 Å². The van der Waals surface area contributed by atoms with Gasteiger partial charge >= 0.3 is 0 Å². The number of carbonyl (C=O) groups is 1. The van der Waals surface area contributed by atoms with Crippen molar-refractivity contribution in [2.45, 2.75) is 44.7 Å². The normalized spacial score (nSPS) is 27.4. The fourth-order valence-electron chi connectivity index (χ4n) is 5.15. The third kappa shape index (κ3) is 3.68. The number of hydrogen-bond acceptors (Lipinski definition) is 3. The Morgan fingerprint density at radius 1 is 1.11 bits per heavy atom. The van der Waals surface area contributed by atoms with Crippen molar-refractivity contribution in [1.29, 1.82) is 0 Å². The van der Waals surface area contributed by atoms with Crippen LogP contribution in [0.5, 0.6) is 5.75 Å². The summed E-state index contributed by atoms with van der Waals surface area (Å²) in [4.78, 5) is 15.0. The average molecular weight is 367 g/mol. The smallest absolute Gasteiger partial charge is 0.225 e. The zero-order chi connectivity index (χ0) is 19.0. The predicted octanol–water partition coefficient (Wildman–Crippen LogP) is 3.96. The molecule has 144 valence electrons. The Kier molecular flexibility index (Phi) is 5.09. The van der Waals surface area contributed by atoms with Crippen LogP contribution in [-0.2, 0) is 11.3 Å². The van der Waals surface area contributed by atoms with Gasteiger partial charge in [0, 0.05) is 25.6 Å². The highest BCUT2D eigenvalue weighted by molar-refractivity contribution is 5.85. The van der Waals surface area contributed by atoms with Crippen molar-refractivity contribution in [3.63, 3.8) is 0 Å². The van der Waals surface area contributed by atoms with Gasteiger partial charge in [0.2, 0.25) is 5.91 Å². The number of nitrogens with two attached hydrogens (primary N) is 1. The minimum absolute atomic E-state index is 0.148. The first-order chi connectivity index (χ1) is 13.0. The van der Waals surface area contributed by atoms with Gasteiger partial charge in [-0.3, -0.25) is 4.79 Å². The SMILES string of the molecule is COc1ccc2cc(CN(C)C(=O)C3CC4CCCC(C3)C4N)ccc2c1. The summed E-state index contributed by atoms with van der Waals surface area (Å²) < 4.78 is 5.29. The van der Waals surface area contributed by atoms with Crippen LogP contribution in [-0.4, -0.2) is 31.0 Å². The van der Waals surface area contributed by atoms with Crippen LogP contribution < -0.4 is 10.5 Å². The summed E-state index contributed by atoms with van der Waals surface area (Å²) in [6, 6.07) is 12.8. The predicted molar refractivity (Wildman–Crippen MR) is 109 cm³/mol. The summed E-state index contributed by atoms with van der Waals surface area (Å²) in [5, 5.41) is 2.33. The molecule has 0 aromatic heterocycles. The van der Waals surface area contributed by atoms with E-state index in [0.717, 1.165) is 29.5 Å². The second-order valence-electron chi connectivity index (χ2n) is 8.44. The summed E-state index contributed by atoms with van der Waals surface area (Å²) in [7, 11) is 3.62. The lowest BCUT2D eigenvalue weighted by atomic mass is 9.65. The van der Waals surface area contributed by atoms with Crippen molar-refractivity contribution in [2.75, 3.05) is 14.2 Å². The van der Waals surface area contributed by atoms with Crippen LogP contribution in [0.4, 0.5) is 0 Å². The van der Waals surface area contributed by atoms with Crippen molar-refractivity contribution in [2.24, 2.45) is 23.5 Å². The Hall–Kier alpha value is -2.07. The lowest BCUT2D eigenvalue weighted by molar-refractivity contribution is -0.137. The molecule has 1 amide bonds. The molecule has 2 aromatic carbocycles. The molecule has 0 heterocycles. The van der Waals surface area contributed by atoms with E-state index in [1.807, 2.05) is 24.1 Å². The largest absolute Gasteiger partial charge is 0.497 e. The summed E-state index contributed by atoms with van der Waals surface area (Å²) >= 11 is 0. The third-order valence-electron chi connectivity index (χ3n) is 6.67. The first kappa shape index (κ1) is 18.3.